The zero-order chi connectivity index (χ0) is 20.7. The highest BCUT2D eigenvalue weighted by Gasteiger charge is 2.26. The van der Waals surface area contributed by atoms with Crippen LogP contribution in [0.2, 0.25) is 0 Å². The summed E-state index contributed by atoms with van der Waals surface area (Å²) in [7, 11) is 0. The number of ether oxygens (including phenoxy) is 2. The van der Waals surface area contributed by atoms with Gasteiger partial charge in [0.1, 0.15) is 18.0 Å². The predicted octanol–water partition coefficient (Wildman–Crippen LogP) is 2.70. The number of hydrogen-bond donors (Lipinski definition) is 1. The first-order valence-electron chi connectivity index (χ1n) is 9.17. The van der Waals surface area contributed by atoms with Crippen molar-refractivity contribution < 1.29 is 23.0 Å². The van der Waals surface area contributed by atoms with E-state index in [9.17, 15) is 13.6 Å². The molecule has 1 aromatic carbocycles. The predicted molar refractivity (Wildman–Crippen MR) is 103 cm³/mol. The molecule has 1 aliphatic heterocycles. The molecule has 156 valence electrons. The highest BCUT2D eigenvalue weighted by Crippen LogP contribution is 2.15. The summed E-state index contributed by atoms with van der Waals surface area (Å²) in [6.45, 7) is 7.29. The summed E-state index contributed by atoms with van der Waals surface area (Å²) in [6, 6.07) is 6.84. The van der Waals surface area contributed by atoms with Crippen molar-refractivity contribution in [1.82, 2.24) is 9.80 Å². The molecule has 0 radical (unpaired) electrons. The number of hydrogen-bond acceptors (Lipinski definition) is 4. The van der Waals surface area contributed by atoms with E-state index in [2.05, 4.69) is 4.99 Å². The quantitative estimate of drug-likeness (QED) is 0.609. The molecule has 0 atom stereocenters. The van der Waals surface area contributed by atoms with Gasteiger partial charge in [-0.15, -0.1) is 0 Å². The van der Waals surface area contributed by atoms with Crippen LogP contribution in [0.25, 0.3) is 0 Å². The minimum atomic E-state index is -2.52. The number of carbonyl (C=O) groups is 1. The zero-order valence-corrected chi connectivity index (χ0v) is 16.5. The molecule has 0 spiro atoms. The minimum absolute atomic E-state index is 0.310. The SMILES string of the molecule is CC(C)(C)OC(=O)N1CCN(C(N)=NCc2cccc(OCC(F)F)c2)CC1. The maximum atomic E-state index is 12.2. The van der Waals surface area contributed by atoms with Crippen molar-refractivity contribution >= 4 is 12.1 Å². The number of rotatable bonds is 5. The van der Waals surface area contributed by atoms with Crippen LogP contribution in [0.5, 0.6) is 5.75 Å². The second kappa shape index (κ2) is 9.57. The molecule has 0 bridgehead atoms. The smallest absolute Gasteiger partial charge is 0.410 e. The molecule has 1 heterocycles. The second-order valence-electron chi connectivity index (χ2n) is 7.48. The molecule has 1 aromatic rings. The molecule has 0 aromatic heterocycles. The van der Waals surface area contributed by atoms with Crippen LogP contribution in [0.3, 0.4) is 0 Å². The third kappa shape index (κ3) is 7.21. The van der Waals surface area contributed by atoms with Crippen molar-refractivity contribution in [3.63, 3.8) is 0 Å². The second-order valence-corrected chi connectivity index (χ2v) is 7.48. The van der Waals surface area contributed by atoms with Gasteiger partial charge >= 0.3 is 6.09 Å². The molecule has 1 aliphatic rings. The van der Waals surface area contributed by atoms with E-state index in [1.54, 1.807) is 23.1 Å². The summed E-state index contributed by atoms with van der Waals surface area (Å²) in [4.78, 5) is 20.0. The summed E-state index contributed by atoms with van der Waals surface area (Å²) in [5, 5.41) is 0. The Hall–Kier alpha value is -2.58. The minimum Gasteiger partial charge on any atom is -0.488 e. The van der Waals surface area contributed by atoms with Crippen LogP contribution in [0, 0.1) is 0 Å². The van der Waals surface area contributed by atoms with Crippen LogP contribution in [-0.4, -0.2) is 66.7 Å². The van der Waals surface area contributed by atoms with E-state index >= 15 is 0 Å². The van der Waals surface area contributed by atoms with E-state index in [1.165, 1.54) is 0 Å². The molecular formula is C19H28F2N4O3. The molecule has 28 heavy (non-hydrogen) atoms. The fourth-order valence-corrected chi connectivity index (χ4v) is 2.61. The van der Waals surface area contributed by atoms with Crippen LogP contribution in [0.4, 0.5) is 13.6 Å². The van der Waals surface area contributed by atoms with Gasteiger partial charge in [-0.1, -0.05) is 12.1 Å². The number of nitrogens with two attached hydrogens (primary N) is 1. The van der Waals surface area contributed by atoms with Crippen LogP contribution in [0.15, 0.2) is 29.3 Å². The standard InChI is InChI=1S/C19H28F2N4O3/c1-19(2,3)28-18(26)25-9-7-24(8-10-25)17(22)23-12-14-5-4-6-15(11-14)27-13-16(20)21/h4-6,11,16H,7-10,12-13H2,1-3H3,(H2,22,23). The highest BCUT2D eigenvalue weighted by molar-refractivity contribution is 5.78. The Morgan fingerprint density at radius 1 is 1.21 bits per heavy atom. The molecule has 0 unspecified atom stereocenters. The summed E-state index contributed by atoms with van der Waals surface area (Å²) in [5.74, 6) is 0.750. The molecular weight excluding hydrogens is 370 g/mol. The van der Waals surface area contributed by atoms with Gasteiger partial charge in [0, 0.05) is 26.2 Å². The third-order valence-electron chi connectivity index (χ3n) is 3.95. The Morgan fingerprint density at radius 2 is 1.86 bits per heavy atom. The van der Waals surface area contributed by atoms with Gasteiger partial charge in [0.25, 0.3) is 6.43 Å². The van der Waals surface area contributed by atoms with E-state index in [0.717, 1.165) is 5.56 Å². The van der Waals surface area contributed by atoms with Crippen molar-refractivity contribution in [2.24, 2.45) is 10.7 Å². The fourth-order valence-electron chi connectivity index (χ4n) is 2.61. The van der Waals surface area contributed by atoms with Gasteiger partial charge in [-0.05, 0) is 38.5 Å². The summed E-state index contributed by atoms with van der Waals surface area (Å²) < 4.78 is 34.9. The Bertz CT molecular complexity index is 684. The zero-order valence-electron chi connectivity index (χ0n) is 16.5. The lowest BCUT2D eigenvalue weighted by Crippen LogP contribution is -2.53. The topological polar surface area (TPSA) is 80.4 Å². The number of aliphatic imine (C=N–C) groups is 1. The fraction of sp³-hybridized carbons (Fsp3) is 0.579. The van der Waals surface area contributed by atoms with E-state index in [-0.39, 0.29) is 6.09 Å². The van der Waals surface area contributed by atoms with Crippen molar-refractivity contribution in [1.29, 1.82) is 0 Å². The number of amides is 1. The number of alkyl halides is 2. The molecule has 0 saturated carbocycles. The largest absolute Gasteiger partial charge is 0.488 e. The van der Waals surface area contributed by atoms with Gasteiger partial charge in [-0.25, -0.2) is 18.6 Å². The monoisotopic (exact) mass is 398 g/mol. The van der Waals surface area contributed by atoms with E-state index < -0.39 is 18.6 Å². The number of halogens is 2. The van der Waals surface area contributed by atoms with E-state index in [0.29, 0.717) is 44.4 Å². The maximum Gasteiger partial charge on any atom is 0.410 e. The lowest BCUT2D eigenvalue weighted by molar-refractivity contribution is 0.0186. The van der Waals surface area contributed by atoms with Crippen molar-refractivity contribution in [3.05, 3.63) is 29.8 Å². The Kier molecular flexibility index (Phi) is 7.42. The number of benzene rings is 1. The molecule has 7 nitrogen and oxygen atoms in total. The van der Waals surface area contributed by atoms with Gasteiger partial charge < -0.3 is 25.0 Å². The Labute approximate surface area is 164 Å². The third-order valence-corrected chi connectivity index (χ3v) is 3.95. The van der Waals surface area contributed by atoms with Gasteiger partial charge in [0.05, 0.1) is 6.54 Å². The first-order chi connectivity index (χ1) is 13.1. The number of nitrogens with zero attached hydrogens (tertiary/aromatic N) is 3. The highest BCUT2D eigenvalue weighted by atomic mass is 19.3. The van der Waals surface area contributed by atoms with Gasteiger partial charge in [-0.2, -0.15) is 0 Å². The van der Waals surface area contributed by atoms with Crippen molar-refractivity contribution in [2.75, 3.05) is 32.8 Å². The maximum absolute atomic E-state index is 12.2. The average Bonchev–Trinajstić information content (AvgIpc) is 2.63. The van der Waals surface area contributed by atoms with Crippen molar-refractivity contribution in [2.45, 2.75) is 39.3 Å². The molecule has 9 heteroatoms. The normalized spacial score (nSPS) is 15.7. The number of carbonyl (C=O) groups excluding carboxylic acids is 1. The van der Waals surface area contributed by atoms with Crippen LogP contribution < -0.4 is 10.5 Å². The first kappa shape index (κ1) is 21.7. The lowest BCUT2D eigenvalue weighted by atomic mass is 10.2. The van der Waals surface area contributed by atoms with Crippen LogP contribution in [0.1, 0.15) is 26.3 Å². The Balaban J connectivity index is 1.85. The molecule has 0 aliphatic carbocycles. The van der Waals surface area contributed by atoms with Crippen LogP contribution in [-0.2, 0) is 11.3 Å². The molecule has 1 saturated heterocycles. The van der Waals surface area contributed by atoms with Crippen molar-refractivity contribution in [3.8, 4) is 5.75 Å². The van der Waals surface area contributed by atoms with Gasteiger partial charge in [0.15, 0.2) is 5.96 Å². The number of piperazine rings is 1. The summed E-state index contributed by atoms with van der Waals surface area (Å²) in [6.07, 6.45) is -2.85. The molecule has 1 fully saturated rings. The van der Waals surface area contributed by atoms with E-state index in [1.807, 2.05) is 31.7 Å². The molecule has 2 N–H and O–H groups in total. The van der Waals surface area contributed by atoms with Gasteiger partial charge in [0.2, 0.25) is 0 Å². The molecule has 1 amide bonds. The average molecular weight is 398 g/mol. The first-order valence-corrected chi connectivity index (χ1v) is 9.17. The summed E-state index contributed by atoms with van der Waals surface area (Å²) in [5.41, 5.74) is 6.35. The van der Waals surface area contributed by atoms with E-state index in [4.69, 9.17) is 15.2 Å². The van der Waals surface area contributed by atoms with Crippen LogP contribution >= 0.6 is 0 Å². The summed E-state index contributed by atoms with van der Waals surface area (Å²) >= 11 is 0. The molecule has 2 rings (SSSR count). The van der Waals surface area contributed by atoms with Gasteiger partial charge in [-0.3, -0.25) is 0 Å². The lowest BCUT2D eigenvalue weighted by Gasteiger charge is -2.36. The number of guanidine groups is 1. The Morgan fingerprint density at radius 3 is 2.46 bits per heavy atom.